The average Bonchev–Trinajstić information content (AvgIpc) is 2.54. The number of rotatable bonds is 6. The standard InChI is InChI=1S/C16H20FNO6/c1-22-12-7-10(11(17)8-13(12)23-2)15(21)18-16(9-14(19)20)3-5-24-6-4-16/h7-8H,3-6,9H2,1-2H3,(H,18,21)(H,19,20). The van der Waals surface area contributed by atoms with Crippen LogP contribution in [-0.4, -0.2) is 50.0 Å². The van der Waals surface area contributed by atoms with Crippen molar-refractivity contribution in [3.05, 3.63) is 23.5 Å². The van der Waals surface area contributed by atoms with Gasteiger partial charge in [0, 0.05) is 19.3 Å². The first-order valence-electron chi connectivity index (χ1n) is 7.44. The van der Waals surface area contributed by atoms with Crippen LogP contribution in [0.15, 0.2) is 12.1 Å². The van der Waals surface area contributed by atoms with E-state index in [1.165, 1.54) is 20.3 Å². The molecule has 0 unspecified atom stereocenters. The minimum absolute atomic E-state index is 0.165. The van der Waals surface area contributed by atoms with Crippen LogP contribution in [0.2, 0.25) is 0 Å². The molecule has 7 nitrogen and oxygen atoms in total. The number of benzene rings is 1. The third-order valence-electron chi connectivity index (χ3n) is 4.04. The predicted molar refractivity (Wildman–Crippen MR) is 82.0 cm³/mol. The van der Waals surface area contributed by atoms with Crippen molar-refractivity contribution >= 4 is 11.9 Å². The lowest BCUT2D eigenvalue weighted by Gasteiger charge is -2.36. The van der Waals surface area contributed by atoms with Crippen molar-refractivity contribution in [1.29, 1.82) is 0 Å². The summed E-state index contributed by atoms with van der Waals surface area (Å²) in [5, 5.41) is 11.8. The van der Waals surface area contributed by atoms with Crippen LogP contribution < -0.4 is 14.8 Å². The first-order chi connectivity index (χ1) is 11.4. The Labute approximate surface area is 138 Å². The molecule has 0 spiro atoms. The number of carbonyl (C=O) groups is 2. The molecule has 0 aliphatic carbocycles. The van der Waals surface area contributed by atoms with E-state index in [9.17, 15) is 14.0 Å². The Morgan fingerprint density at radius 2 is 1.83 bits per heavy atom. The van der Waals surface area contributed by atoms with Gasteiger partial charge >= 0.3 is 5.97 Å². The molecule has 2 N–H and O–H groups in total. The quantitative estimate of drug-likeness (QED) is 0.816. The molecule has 1 aromatic rings. The van der Waals surface area contributed by atoms with E-state index in [4.69, 9.17) is 19.3 Å². The highest BCUT2D eigenvalue weighted by Crippen LogP contribution is 2.31. The van der Waals surface area contributed by atoms with Crippen LogP contribution in [-0.2, 0) is 9.53 Å². The zero-order chi connectivity index (χ0) is 17.7. The number of aliphatic carboxylic acids is 1. The lowest BCUT2D eigenvalue weighted by molar-refractivity contribution is -0.139. The number of carboxylic acid groups (broad SMARTS) is 1. The summed E-state index contributed by atoms with van der Waals surface area (Å²) in [5.41, 5.74) is -1.19. The first-order valence-corrected chi connectivity index (χ1v) is 7.44. The molecule has 1 saturated heterocycles. The van der Waals surface area contributed by atoms with E-state index < -0.39 is 23.2 Å². The van der Waals surface area contributed by atoms with Gasteiger partial charge in [-0.2, -0.15) is 0 Å². The second kappa shape index (κ2) is 7.48. The number of halogens is 1. The Kier molecular flexibility index (Phi) is 5.61. The van der Waals surface area contributed by atoms with Crippen LogP contribution in [0.25, 0.3) is 0 Å². The van der Waals surface area contributed by atoms with Gasteiger partial charge in [0.15, 0.2) is 11.5 Å². The van der Waals surface area contributed by atoms with E-state index in [2.05, 4.69) is 5.32 Å². The Morgan fingerprint density at radius 3 is 2.38 bits per heavy atom. The maximum atomic E-state index is 14.2. The molecule has 1 aromatic carbocycles. The van der Waals surface area contributed by atoms with Gasteiger partial charge in [-0.05, 0) is 18.9 Å². The van der Waals surface area contributed by atoms with Crippen molar-refractivity contribution < 1.29 is 33.3 Å². The van der Waals surface area contributed by atoms with Gasteiger partial charge in [-0.15, -0.1) is 0 Å². The molecule has 132 valence electrons. The lowest BCUT2D eigenvalue weighted by Crippen LogP contribution is -2.53. The smallest absolute Gasteiger partial charge is 0.305 e. The number of methoxy groups -OCH3 is 2. The molecule has 0 saturated carbocycles. The van der Waals surface area contributed by atoms with E-state index in [0.29, 0.717) is 26.1 Å². The van der Waals surface area contributed by atoms with Crippen molar-refractivity contribution in [1.82, 2.24) is 5.32 Å². The third kappa shape index (κ3) is 3.94. The molecular weight excluding hydrogens is 321 g/mol. The number of ether oxygens (including phenoxy) is 3. The Hall–Kier alpha value is -2.35. The molecule has 1 heterocycles. The van der Waals surface area contributed by atoms with Crippen molar-refractivity contribution in [2.75, 3.05) is 27.4 Å². The first kappa shape index (κ1) is 18.0. The average molecular weight is 341 g/mol. The van der Waals surface area contributed by atoms with Crippen molar-refractivity contribution in [3.8, 4) is 11.5 Å². The molecule has 24 heavy (non-hydrogen) atoms. The van der Waals surface area contributed by atoms with E-state index in [1.807, 2.05) is 0 Å². The highest BCUT2D eigenvalue weighted by Gasteiger charge is 2.37. The lowest BCUT2D eigenvalue weighted by atomic mass is 9.86. The predicted octanol–water partition coefficient (Wildman–Crippen LogP) is 1.60. The van der Waals surface area contributed by atoms with E-state index in [0.717, 1.165) is 6.07 Å². The second-order valence-electron chi connectivity index (χ2n) is 5.60. The molecule has 0 atom stereocenters. The van der Waals surface area contributed by atoms with Gasteiger partial charge in [0.2, 0.25) is 0 Å². The largest absolute Gasteiger partial charge is 0.493 e. The number of amides is 1. The number of carbonyl (C=O) groups excluding carboxylic acids is 1. The normalized spacial score (nSPS) is 16.3. The molecule has 0 bridgehead atoms. The number of hydrogen-bond donors (Lipinski definition) is 2. The number of hydrogen-bond acceptors (Lipinski definition) is 5. The van der Waals surface area contributed by atoms with E-state index in [1.54, 1.807) is 0 Å². The Morgan fingerprint density at radius 1 is 1.25 bits per heavy atom. The fraction of sp³-hybridized carbons (Fsp3) is 0.500. The van der Waals surface area contributed by atoms with Gasteiger partial charge in [-0.3, -0.25) is 9.59 Å². The Bertz CT molecular complexity index is 627. The van der Waals surface area contributed by atoms with Gasteiger partial charge in [-0.25, -0.2) is 4.39 Å². The molecule has 1 aliphatic heterocycles. The zero-order valence-electron chi connectivity index (χ0n) is 13.6. The molecule has 0 radical (unpaired) electrons. The molecular formula is C16H20FNO6. The van der Waals surface area contributed by atoms with Crippen LogP contribution in [0.4, 0.5) is 4.39 Å². The SMILES string of the molecule is COc1cc(F)c(C(=O)NC2(CC(=O)O)CCOCC2)cc1OC. The summed E-state index contributed by atoms with van der Waals surface area (Å²) in [6.45, 7) is 0.671. The second-order valence-corrected chi connectivity index (χ2v) is 5.60. The number of carboxylic acids is 1. The van der Waals surface area contributed by atoms with Gasteiger partial charge < -0.3 is 24.6 Å². The minimum Gasteiger partial charge on any atom is -0.493 e. The molecule has 1 fully saturated rings. The topological polar surface area (TPSA) is 94.1 Å². The third-order valence-corrected chi connectivity index (χ3v) is 4.04. The van der Waals surface area contributed by atoms with Crippen molar-refractivity contribution in [3.63, 3.8) is 0 Å². The maximum absolute atomic E-state index is 14.2. The maximum Gasteiger partial charge on any atom is 0.305 e. The van der Waals surface area contributed by atoms with Gasteiger partial charge in [0.1, 0.15) is 5.82 Å². The summed E-state index contributed by atoms with van der Waals surface area (Å²) in [7, 11) is 2.74. The summed E-state index contributed by atoms with van der Waals surface area (Å²) in [5.74, 6) is -2.13. The van der Waals surface area contributed by atoms with E-state index >= 15 is 0 Å². The van der Waals surface area contributed by atoms with Crippen LogP contribution in [0.1, 0.15) is 29.6 Å². The highest BCUT2D eigenvalue weighted by molar-refractivity contribution is 5.96. The minimum atomic E-state index is -1.04. The van der Waals surface area contributed by atoms with Crippen molar-refractivity contribution in [2.45, 2.75) is 24.8 Å². The van der Waals surface area contributed by atoms with Crippen molar-refractivity contribution in [2.24, 2.45) is 0 Å². The monoisotopic (exact) mass is 341 g/mol. The molecule has 2 rings (SSSR count). The van der Waals surface area contributed by atoms with Crippen LogP contribution in [0.5, 0.6) is 11.5 Å². The van der Waals surface area contributed by atoms with Crippen LogP contribution >= 0.6 is 0 Å². The highest BCUT2D eigenvalue weighted by atomic mass is 19.1. The fourth-order valence-electron chi connectivity index (χ4n) is 2.73. The van der Waals surface area contributed by atoms with E-state index in [-0.39, 0.29) is 23.5 Å². The Balaban J connectivity index is 2.28. The summed E-state index contributed by atoms with van der Waals surface area (Å²) in [6, 6.07) is 2.29. The molecule has 1 aliphatic rings. The summed E-state index contributed by atoms with van der Waals surface area (Å²) in [6.07, 6.45) is 0.441. The van der Waals surface area contributed by atoms with Gasteiger partial charge in [-0.1, -0.05) is 0 Å². The molecule has 1 amide bonds. The molecule has 0 aromatic heterocycles. The summed E-state index contributed by atoms with van der Waals surface area (Å²) in [4.78, 5) is 23.6. The van der Waals surface area contributed by atoms with Crippen LogP contribution in [0.3, 0.4) is 0 Å². The number of nitrogens with one attached hydrogen (secondary N) is 1. The fourth-order valence-corrected chi connectivity index (χ4v) is 2.73. The zero-order valence-corrected chi connectivity index (χ0v) is 13.6. The molecule has 8 heteroatoms. The summed E-state index contributed by atoms with van der Waals surface area (Å²) < 4.78 is 29.5. The van der Waals surface area contributed by atoms with Gasteiger partial charge in [0.25, 0.3) is 5.91 Å². The summed E-state index contributed by atoms with van der Waals surface area (Å²) >= 11 is 0. The van der Waals surface area contributed by atoms with Gasteiger partial charge in [0.05, 0.1) is 31.7 Å². The van der Waals surface area contributed by atoms with Crippen LogP contribution in [0, 0.1) is 5.82 Å².